The summed E-state index contributed by atoms with van der Waals surface area (Å²) in [6, 6.07) is 12.0. The minimum atomic E-state index is -0.394. The van der Waals surface area contributed by atoms with E-state index in [-0.39, 0.29) is 5.02 Å². The summed E-state index contributed by atoms with van der Waals surface area (Å²) in [6.45, 7) is 1.95. The molecule has 0 unspecified atom stereocenters. The zero-order chi connectivity index (χ0) is 16.1. The van der Waals surface area contributed by atoms with E-state index in [1.165, 1.54) is 6.07 Å². The predicted molar refractivity (Wildman–Crippen MR) is 92.2 cm³/mol. The Morgan fingerprint density at radius 3 is 2.45 bits per heavy atom. The molecule has 0 fully saturated rings. The van der Waals surface area contributed by atoms with Crippen LogP contribution in [0.3, 0.4) is 0 Å². The number of benzene rings is 2. The summed E-state index contributed by atoms with van der Waals surface area (Å²) in [5, 5.41) is 5.53. The highest BCUT2D eigenvalue weighted by molar-refractivity contribution is 6.36. The van der Waals surface area contributed by atoms with E-state index in [2.05, 4.69) is 10.5 Å². The van der Waals surface area contributed by atoms with Crippen molar-refractivity contribution in [3.63, 3.8) is 0 Å². The van der Waals surface area contributed by atoms with Crippen LogP contribution in [-0.4, -0.2) is 11.6 Å². The van der Waals surface area contributed by atoms with E-state index < -0.39 is 5.91 Å². The number of carbonyl (C=O) groups excluding carboxylic acids is 1. The fourth-order valence-corrected chi connectivity index (χ4v) is 2.55. The minimum Gasteiger partial charge on any atom is -0.267 e. The number of amides is 1. The molecule has 0 bridgehead atoms. The fraction of sp³-hybridized carbons (Fsp3) is 0.125. The Balaban J connectivity index is 2.19. The van der Waals surface area contributed by atoms with Crippen molar-refractivity contribution in [2.75, 3.05) is 0 Å². The zero-order valence-electron chi connectivity index (χ0n) is 11.7. The second-order valence-electron chi connectivity index (χ2n) is 4.49. The van der Waals surface area contributed by atoms with Crippen molar-refractivity contribution < 1.29 is 4.79 Å². The molecule has 2 rings (SSSR count). The van der Waals surface area contributed by atoms with Crippen LogP contribution in [-0.2, 0) is 0 Å². The molecule has 0 radical (unpaired) electrons. The van der Waals surface area contributed by atoms with Crippen molar-refractivity contribution in [1.82, 2.24) is 5.43 Å². The number of carbonyl (C=O) groups is 1. The van der Waals surface area contributed by atoms with Gasteiger partial charge < -0.3 is 0 Å². The van der Waals surface area contributed by atoms with Gasteiger partial charge in [0.25, 0.3) is 5.91 Å². The molecular formula is C16H13Cl3N2O. The van der Waals surface area contributed by atoms with E-state index in [4.69, 9.17) is 34.8 Å². The Kier molecular flexibility index (Phi) is 5.83. The summed E-state index contributed by atoms with van der Waals surface area (Å²) in [5.41, 5.74) is 4.40. The second kappa shape index (κ2) is 7.63. The van der Waals surface area contributed by atoms with E-state index in [0.717, 1.165) is 11.3 Å². The van der Waals surface area contributed by atoms with Gasteiger partial charge in [-0.05, 0) is 42.3 Å². The maximum absolute atomic E-state index is 12.1. The number of hydrogen-bond donors (Lipinski definition) is 1. The van der Waals surface area contributed by atoms with Gasteiger partial charge >= 0.3 is 0 Å². The molecule has 22 heavy (non-hydrogen) atoms. The highest BCUT2D eigenvalue weighted by Crippen LogP contribution is 2.21. The van der Waals surface area contributed by atoms with E-state index in [1.54, 1.807) is 24.3 Å². The average Bonchev–Trinajstić information content (AvgIpc) is 2.47. The molecule has 2 aromatic rings. The zero-order valence-corrected chi connectivity index (χ0v) is 14.0. The van der Waals surface area contributed by atoms with Gasteiger partial charge in [0, 0.05) is 10.0 Å². The lowest BCUT2D eigenvalue weighted by atomic mass is 10.1. The number of halogens is 3. The molecule has 0 aliphatic carbocycles. The molecule has 1 amide bonds. The topological polar surface area (TPSA) is 41.5 Å². The van der Waals surface area contributed by atoms with Crippen LogP contribution in [0.2, 0.25) is 15.1 Å². The van der Waals surface area contributed by atoms with Crippen molar-refractivity contribution in [2.45, 2.75) is 13.3 Å². The van der Waals surface area contributed by atoms with E-state index in [9.17, 15) is 4.79 Å². The largest absolute Gasteiger partial charge is 0.272 e. The fourth-order valence-electron chi connectivity index (χ4n) is 1.87. The van der Waals surface area contributed by atoms with E-state index >= 15 is 0 Å². The van der Waals surface area contributed by atoms with Gasteiger partial charge in [-0.2, -0.15) is 5.10 Å². The molecule has 0 aliphatic heterocycles. The molecular weight excluding hydrogens is 343 g/mol. The van der Waals surface area contributed by atoms with E-state index in [1.807, 2.05) is 19.1 Å². The number of hydrogen-bond acceptors (Lipinski definition) is 2. The van der Waals surface area contributed by atoms with Gasteiger partial charge in [0.05, 0.1) is 16.3 Å². The lowest BCUT2D eigenvalue weighted by molar-refractivity contribution is 0.0955. The maximum atomic E-state index is 12.1. The average molecular weight is 356 g/mol. The van der Waals surface area contributed by atoms with Crippen molar-refractivity contribution in [3.8, 4) is 0 Å². The predicted octanol–water partition coefficient (Wildman–Crippen LogP) is 5.19. The lowest BCUT2D eigenvalue weighted by Crippen LogP contribution is -2.20. The maximum Gasteiger partial charge on any atom is 0.272 e. The first-order chi connectivity index (χ1) is 10.5. The molecule has 1 N–H and O–H groups in total. The standard InChI is InChI=1S/C16H13Cl3N2O/c1-2-15(10-4-3-5-11(17)8-10)20-21-16(22)13-7-6-12(18)9-14(13)19/h3-9H,2H2,1H3,(H,21,22)/b20-15+. The first kappa shape index (κ1) is 16.8. The van der Waals surface area contributed by atoms with Gasteiger partial charge in [0.2, 0.25) is 0 Å². The molecule has 0 aromatic heterocycles. The lowest BCUT2D eigenvalue weighted by Gasteiger charge is -2.07. The van der Waals surface area contributed by atoms with Gasteiger partial charge in [-0.25, -0.2) is 5.43 Å². The van der Waals surface area contributed by atoms with Crippen LogP contribution in [0.1, 0.15) is 29.3 Å². The summed E-state index contributed by atoms with van der Waals surface area (Å²) >= 11 is 17.8. The van der Waals surface area contributed by atoms with Crippen LogP contribution < -0.4 is 5.43 Å². The number of rotatable bonds is 4. The van der Waals surface area contributed by atoms with E-state index in [0.29, 0.717) is 22.0 Å². The number of nitrogens with one attached hydrogen (secondary N) is 1. The normalized spacial score (nSPS) is 11.4. The third-order valence-corrected chi connectivity index (χ3v) is 3.74. The third kappa shape index (κ3) is 4.23. The smallest absolute Gasteiger partial charge is 0.267 e. The quantitative estimate of drug-likeness (QED) is 0.595. The van der Waals surface area contributed by atoms with Gasteiger partial charge in [-0.3, -0.25) is 4.79 Å². The monoisotopic (exact) mass is 354 g/mol. The SMILES string of the molecule is CC/C(=N\NC(=O)c1ccc(Cl)cc1Cl)c1cccc(Cl)c1. The highest BCUT2D eigenvalue weighted by Gasteiger charge is 2.10. The molecule has 0 heterocycles. The Labute approximate surface area is 143 Å². The summed E-state index contributed by atoms with van der Waals surface area (Å²) in [7, 11) is 0. The van der Waals surface area contributed by atoms with Gasteiger partial charge in [-0.1, -0.05) is 53.9 Å². The van der Waals surface area contributed by atoms with Crippen LogP contribution in [0.4, 0.5) is 0 Å². The highest BCUT2D eigenvalue weighted by atomic mass is 35.5. The Morgan fingerprint density at radius 1 is 1.09 bits per heavy atom. The molecule has 0 aliphatic rings. The third-order valence-electron chi connectivity index (χ3n) is 2.96. The van der Waals surface area contributed by atoms with Crippen LogP contribution in [0, 0.1) is 0 Å². The van der Waals surface area contributed by atoms with Crippen LogP contribution in [0.5, 0.6) is 0 Å². The summed E-state index contributed by atoms with van der Waals surface area (Å²) in [5.74, 6) is -0.394. The summed E-state index contributed by atoms with van der Waals surface area (Å²) < 4.78 is 0. The second-order valence-corrected chi connectivity index (χ2v) is 5.77. The Hall–Kier alpha value is -1.55. The summed E-state index contributed by atoms with van der Waals surface area (Å²) in [4.78, 5) is 12.1. The molecule has 6 heteroatoms. The van der Waals surface area contributed by atoms with Crippen LogP contribution >= 0.6 is 34.8 Å². The Morgan fingerprint density at radius 2 is 1.82 bits per heavy atom. The number of nitrogens with zero attached hydrogens (tertiary/aromatic N) is 1. The molecule has 0 saturated heterocycles. The molecule has 114 valence electrons. The summed E-state index contributed by atoms with van der Waals surface area (Å²) in [6.07, 6.45) is 0.648. The minimum absolute atomic E-state index is 0.279. The van der Waals surface area contributed by atoms with Crippen molar-refractivity contribution in [2.24, 2.45) is 5.10 Å². The van der Waals surface area contributed by atoms with Gasteiger partial charge in [0.1, 0.15) is 0 Å². The van der Waals surface area contributed by atoms with Crippen molar-refractivity contribution in [1.29, 1.82) is 0 Å². The van der Waals surface area contributed by atoms with Crippen molar-refractivity contribution >= 4 is 46.4 Å². The van der Waals surface area contributed by atoms with Gasteiger partial charge in [-0.15, -0.1) is 0 Å². The molecule has 0 atom stereocenters. The molecule has 3 nitrogen and oxygen atoms in total. The van der Waals surface area contributed by atoms with Crippen LogP contribution in [0.15, 0.2) is 47.6 Å². The van der Waals surface area contributed by atoms with Crippen molar-refractivity contribution in [3.05, 3.63) is 68.7 Å². The van der Waals surface area contributed by atoms with Crippen LogP contribution in [0.25, 0.3) is 0 Å². The molecule has 0 spiro atoms. The van der Waals surface area contributed by atoms with Gasteiger partial charge in [0.15, 0.2) is 0 Å². The number of hydrazone groups is 1. The molecule has 0 saturated carbocycles. The first-order valence-electron chi connectivity index (χ1n) is 6.59. The first-order valence-corrected chi connectivity index (χ1v) is 7.72. The Bertz CT molecular complexity index is 729. The molecule has 2 aromatic carbocycles.